The van der Waals surface area contributed by atoms with E-state index >= 15 is 0 Å². The van der Waals surface area contributed by atoms with E-state index < -0.39 is 0 Å². The highest BCUT2D eigenvalue weighted by Gasteiger charge is 1.93. The Labute approximate surface area is 57.9 Å². The summed E-state index contributed by atoms with van der Waals surface area (Å²) in [5.41, 5.74) is 5.37. The summed E-state index contributed by atoms with van der Waals surface area (Å²) in [5, 5.41) is 5.77. The molecule has 0 aliphatic rings. The average Bonchev–Trinajstić information content (AvgIpc) is 2.17. The summed E-state index contributed by atoms with van der Waals surface area (Å²) in [7, 11) is 0. The van der Waals surface area contributed by atoms with Crippen LogP contribution in [0.25, 0.3) is 0 Å². The van der Waals surface area contributed by atoms with Crippen molar-refractivity contribution < 1.29 is 0 Å². The average molecular weight is 143 g/mol. The molecule has 9 heavy (non-hydrogen) atoms. The Morgan fingerprint density at radius 3 is 3.11 bits per heavy atom. The molecular formula is C5H9N3S. The number of anilines is 2. The van der Waals surface area contributed by atoms with Gasteiger partial charge in [-0.15, -0.1) is 11.3 Å². The summed E-state index contributed by atoms with van der Waals surface area (Å²) in [5.74, 6) is 0.593. The van der Waals surface area contributed by atoms with E-state index in [9.17, 15) is 0 Å². The van der Waals surface area contributed by atoms with Gasteiger partial charge in [-0.3, -0.25) is 0 Å². The summed E-state index contributed by atoms with van der Waals surface area (Å²) in [6.45, 7) is 2.92. The van der Waals surface area contributed by atoms with Crippen LogP contribution in [0.15, 0.2) is 5.38 Å². The van der Waals surface area contributed by atoms with Crippen molar-refractivity contribution in [2.45, 2.75) is 6.92 Å². The molecule has 0 atom stereocenters. The molecule has 1 aromatic rings. The number of hydrogen-bond donors (Lipinski definition) is 2. The molecule has 0 saturated heterocycles. The van der Waals surface area contributed by atoms with Crippen LogP contribution < -0.4 is 11.1 Å². The van der Waals surface area contributed by atoms with Crippen LogP contribution in [-0.4, -0.2) is 11.5 Å². The normalized spacial score (nSPS) is 9.44. The van der Waals surface area contributed by atoms with E-state index in [1.165, 1.54) is 11.3 Å². The van der Waals surface area contributed by atoms with Crippen molar-refractivity contribution in [1.82, 2.24) is 4.98 Å². The van der Waals surface area contributed by atoms with Gasteiger partial charge in [0.2, 0.25) is 0 Å². The molecule has 0 aliphatic carbocycles. The standard InChI is InChI=1S/C5H9N3S/c1-2-7-5-8-4(6)3-9-5/h3H,2,6H2,1H3,(H,7,8). The number of rotatable bonds is 2. The highest BCUT2D eigenvalue weighted by molar-refractivity contribution is 7.14. The van der Waals surface area contributed by atoms with E-state index in [1.807, 2.05) is 12.3 Å². The summed E-state index contributed by atoms with van der Waals surface area (Å²) < 4.78 is 0. The highest BCUT2D eigenvalue weighted by Crippen LogP contribution is 2.15. The third kappa shape index (κ3) is 1.57. The lowest BCUT2D eigenvalue weighted by atomic mass is 10.7. The second kappa shape index (κ2) is 2.68. The zero-order chi connectivity index (χ0) is 6.69. The first-order valence-corrected chi connectivity index (χ1v) is 3.65. The Bertz CT molecular complexity index is 184. The highest BCUT2D eigenvalue weighted by atomic mass is 32.1. The third-order valence-electron chi connectivity index (χ3n) is 0.850. The summed E-state index contributed by atoms with van der Waals surface area (Å²) >= 11 is 1.53. The van der Waals surface area contributed by atoms with Gasteiger partial charge in [0.05, 0.1) is 0 Å². The number of nitrogens with one attached hydrogen (secondary N) is 1. The van der Waals surface area contributed by atoms with Crippen molar-refractivity contribution in [3.8, 4) is 0 Å². The fraction of sp³-hybridized carbons (Fsp3) is 0.400. The molecule has 0 aromatic carbocycles. The van der Waals surface area contributed by atoms with Crippen molar-refractivity contribution in [2.24, 2.45) is 0 Å². The first-order valence-electron chi connectivity index (χ1n) is 2.78. The summed E-state index contributed by atoms with van der Waals surface area (Å²) in [4.78, 5) is 3.99. The number of thiazole rings is 1. The molecule has 1 heterocycles. The molecule has 4 heteroatoms. The topological polar surface area (TPSA) is 50.9 Å². The number of aromatic nitrogens is 1. The van der Waals surface area contributed by atoms with Gasteiger partial charge in [-0.05, 0) is 6.92 Å². The van der Waals surface area contributed by atoms with Crippen LogP contribution in [0.4, 0.5) is 10.9 Å². The van der Waals surface area contributed by atoms with Crippen molar-refractivity contribution in [2.75, 3.05) is 17.6 Å². The Balaban J connectivity index is 2.61. The van der Waals surface area contributed by atoms with Gasteiger partial charge in [-0.25, -0.2) is 4.98 Å². The molecule has 0 spiro atoms. The molecule has 0 aliphatic heterocycles. The molecule has 0 amide bonds. The predicted molar refractivity (Wildman–Crippen MR) is 40.7 cm³/mol. The maximum Gasteiger partial charge on any atom is 0.184 e. The zero-order valence-electron chi connectivity index (χ0n) is 5.22. The zero-order valence-corrected chi connectivity index (χ0v) is 6.03. The fourth-order valence-electron chi connectivity index (χ4n) is 0.519. The molecule has 0 saturated carbocycles. The molecule has 0 fully saturated rings. The molecule has 1 rings (SSSR count). The Kier molecular flexibility index (Phi) is 1.89. The molecule has 0 radical (unpaired) electrons. The van der Waals surface area contributed by atoms with Crippen molar-refractivity contribution >= 4 is 22.3 Å². The fourth-order valence-corrected chi connectivity index (χ4v) is 1.19. The van der Waals surface area contributed by atoms with Gasteiger partial charge in [0.1, 0.15) is 5.82 Å². The van der Waals surface area contributed by atoms with Gasteiger partial charge in [-0.2, -0.15) is 0 Å². The van der Waals surface area contributed by atoms with Gasteiger partial charge < -0.3 is 11.1 Å². The minimum Gasteiger partial charge on any atom is -0.383 e. The van der Waals surface area contributed by atoms with E-state index in [4.69, 9.17) is 5.73 Å². The van der Waals surface area contributed by atoms with Crippen LogP contribution in [-0.2, 0) is 0 Å². The lowest BCUT2D eigenvalue weighted by Gasteiger charge is -1.92. The predicted octanol–water partition coefficient (Wildman–Crippen LogP) is 1.16. The van der Waals surface area contributed by atoms with Gasteiger partial charge in [0.15, 0.2) is 5.13 Å². The van der Waals surface area contributed by atoms with Gasteiger partial charge in [0.25, 0.3) is 0 Å². The van der Waals surface area contributed by atoms with Crippen LogP contribution in [0.3, 0.4) is 0 Å². The van der Waals surface area contributed by atoms with E-state index in [-0.39, 0.29) is 0 Å². The summed E-state index contributed by atoms with van der Waals surface area (Å²) in [6.07, 6.45) is 0. The number of nitrogens with two attached hydrogens (primary N) is 1. The SMILES string of the molecule is CCNc1nc(N)cs1. The second-order valence-corrected chi connectivity index (χ2v) is 2.47. The molecule has 50 valence electrons. The maximum atomic E-state index is 5.37. The van der Waals surface area contributed by atoms with E-state index in [2.05, 4.69) is 10.3 Å². The second-order valence-electron chi connectivity index (χ2n) is 1.61. The van der Waals surface area contributed by atoms with Crippen LogP contribution >= 0.6 is 11.3 Å². The minimum atomic E-state index is 0.593. The van der Waals surface area contributed by atoms with Crippen LogP contribution in [0.5, 0.6) is 0 Å². The summed E-state index contributed by atoms with van der Waals surface area (Å²) in [6, 6.07) is 0. The Hall–Kier alpha value is -0.770. The molecular weight excluding hydrogens is 134 g/mol. The van der Waals surface area contributed by atoms with Crippen LogP contribution in [0.2, 0.25) is 0 Å². The first-order chi connectivity index (χ1) is 4.33. The van der Waals surface area contributed by atoms with Gasteiger partial charge in [-0.1, -0.05) is 0 Å². The maximum absolute atomic E-state index is 5.37. The largest absolute Gasteiger partial charge is 0.383 e. The number of nitrogens with zero attached hydrogens (tertiary/aromatic N) is 1. The lowest BCUT2D eigenvalue weighted by Crippen LogP contribution is -1.95. The lowest BCUT2D eigenvalue weighted by molar-refractivity contribution is 1.19. The molecule has 1 aromatic heterocycles. The number of nitrogen functional groups attached to an aromatic ring is 1. The van der Waals surface area contributed by atoms with Crippen LogP contribution in [0.1, 0.15) is 6.92 Å². The van der Waals surface area contributed by atoms with Crippen molar-refractivity contribution in [1.29, 1.82) is 0 Å². The quantitative estimate of drug-likeness (QED) is 0.653. The first kappa shape index (κ1) is 6.35. The molecule has 0 unspecified atom stereocenters. The molecule has 3 nitrogen and oxygen atoms in total. The van der Waals surface area contributed by atoms with Crippen LogP contribution in [0, 0.1) is 0 Å². The van der Waals surface area contributed by atoms with Crippen molar-refractivity contribution in [3.05, 3.63) is 5.38 Å². The van der Waals surface area contributed by atoms with Gasteiger partial charge in [0, 0.05) is 11.9 Å². The van der Waals surface area contributed by atoms with Gasteiger partial charge >= 0.3 is 0 Å². The number of hydrogen-bond acceptors (Lipinski definition) is 4. The monoisotopic (exact) mass is 143 g/mol. The smallest absolute Gasteiger partial charge is 0.184 e. The van der Waals surface area contributed by atoms with E-state index in [0.29, 0.717) is 5.82 Å². The van der Waals surface area contributed by atoms with E-state index in [1.54, 1.807) is 0 Å². The molecule has 3 N–H and O–H groups in total. The van der Waals surface area contributed by atoms with E-state index in [0.717, 1.165) is 11.7 Å². The third-order valence-corrected chi connectivity index (χ3v) is 1.67. The Morgan fingerprint density at radius 1 is 1.89 bits per heavy atom. The molecule has 0 bridgehead atoms. The Morgan fingerprint density at radius 2 is 2.67 bits per heavy atom. The minimum absolute atomic E-state index is 0.593. The van der Waals surface area contributed by atoms with Crippen molar-refractivity contribution in [3.63, 3.8) is 0 Å².